The van der Waals surface area contributed by atoms with Gasteiger partial charge in [0.2, 0.25) is 0 Å². The van der Waals surface area contributed by atoms with Gasteiger partial charge >= 0.3 is 0 Å². The van der Waals surface area contributed by atoms with Crippen molar-refractivity contribution in [1.82, 2.24) is 4.31 Å². The van der Waals surface area contributed by atoms with Crippen LogP contribution in [0.25, 0.3) is 0 Å². The molecule has 2 aromatic rings. The molecule has 1 unspecified atom stereocenters. The summed E-state index contributed by atoms with van der Waals surface area (Å²) < 4.78 is 27.4. The average Bonchev–Trinajstić information content (AvgIpc) is 3.11. The van der Waals surface area contributed by atoms with Gasteiger partial charge in [0, 0.05) is 28.0 Å². The first-order chi connectivity index (χ1) is 10.1. The molecule has 1 aliphatic heterocycles. The highest BCUT2D eigenvalue weighted by atomic mass is 79.9. The molecule has 0 amide bonds. The summed E-state index contributed by atoms with van der Waals surface area (Å²) in [7, 11) is -3.44. The van der Waals surface area contributed by atoms with Gasteiger partial charge in [-0.15, -0.1) is 11.3 Å². The lowest BCUT2D eigenvalue weighted by atomic mass is 10.1. The normalized spacial score (nSPS) is 18.3. The van der Waals surface area contributed by atoms with Gasteiger partial charge in [-0.05, 0) is 42.1 Å². The van der Waals surface area contributed by atoms with Crippen molar-refractivity contribution in [3.05, 3.63) is 63.4 Å². The minimum atomic E-state index is -3.44. The third kappa shape index (κ3) is 3.22. The van der Waals surface area contributed by atoms with Gasteiger partial charge in [-0.1, -0.05) is 28.1 Å². The molecule has 0 aliphatic carbocycles. The van der Waals surface area contributed by atoms with Crippen molar-refractivity contribution in [3.8, 4) is 0 Å². The summed E-state index contributed by atoms with van der Waals surface area (Å²) in [6.45, 7) is 0.510. The van der Waals surface area contributed by atoms with Gasteiger partial charge in [0.1, 0.15) is 0 Å². The number of sulfonamides is 1. The molecule has 1 atom stereocenters. The van der Waals surface area contributed by atoms with Crippen molar-refractivity contribution in [3.63, 3.8) is 0 Å². The number of rotatable bonds is 4. The van der Waals surface area contributed by atoms with Crippen molar-refractivity contribution in [2.45, 2.75) is 11.3 Å². The molecule has 0 N–H and O–H groups in total. The van der Waals surface area contributed by atoms with Crippen LogP contribution < -0.4 is 0 Å². The predicted molar refractivity (Wildman–Crippen MR) is 88.7 cm³/mol. The molecule has 2 heterocycles. The number of nitrogens with zero attached hydrogens (tertiary/aromatic N) is 1. The molecule has 0 spiro atoms. The van der Waals surface area contributed by atoms with E-state index in [0.29, 0.717) is 11.4 Å². The fourth-order valence-electron chi connectivity index (χ4n) is 2.31. The molecule has 3 rings (SSSR count). The van der Waals surface area contributed by atoms with Gasteiger partial charge < -0.3 is 0 Å². The Morgan fingerprint density at radius 1 is 1.24 bits per heavy atom. The molecular formula is C15H14BrNO2S2. The lowest BCUT2D eigenvalue weighted by Gasteiger charge is -2.18. The zero-order chi connectivity index (χ0) is 14.9. The van der Waals surface area contributed by atoms with Gasteiger partial charge in [0.15, 0.2) is 0 Å². The van der Waals surface area contributed by atoms with E-state index in [9.17, 15) is 8.42 Å². The highest BCUT2D eigenvalue weighted by Crippen LogP contribution is 2.26. The molecule has 0 fully saturated rings. The summed E-state index contributed by atoms with van der Waals surface area (Å²) in [5.41, 5.74) is 0. The Labute approximate surface area is 137 Å². The summed E-state index contributed by atoms with van der Waals surface area (Å²) in [5, 5.41) is 2.05. The summed E-state index contributed by atoms with van der Waals surface area (Å²) in [5.74, 6) is 0.244. The zero-order valence-corrected chi connectivity index (χ0v) is 14.4. The van der Waals surface area contributed by atoms with E-state index in [-0.39, 0.29) is 5.92 Å². The summed E-state index contributed by atoms with van der Waals surface area (Å²) in [4.78, 5) is 1.61. The van der Waals surface area contributed by atoms with Crippen molar-refractivity contribution in [2.75, 3.05) is 6.54 Å². The van der Waals surface area contributed by atoms with Crippen LogP contribution in [0.5, 0.6) is 0 Å². The second kappa shape index (κ2) is 5.94. The van der Waals surface area contributed by atoms with E-state index in [1.807, 2.05) is 17.5 Å². The van der Waals surface area contributed by atoms with Crippen LogP contribution in [0.2, 0.25) is 0 Å². The van der Waals surface area contributed by atoms with Crippen molar-refractivity contribution in [2.24, 2.45) is 5.92 Å². The van der Waals surface area contributed by atoms with Crippen LogP contribution in [0.4, 0.5) is 0 Å². The Morgan fingerprint density at radius 3 is 2.67 bits per heavy atom. The van der Waals surface area contributed by atoms with Crippen LogP contribution >= 0.6 is 27.3 Å². The molecule has 6 heteroatoms. The Balaban J connectivity index is 1.73. The number of benzene rings is 1. The van der Waals surface area contributed by atoms with Crippen LogP contribution in [0.3, 0.4) is 0 Å². The largest absolute Gasteiger partial charge is 0.273 e. The summed E-state index contributed by atoms with van der Waals surface area (Å²) in [6.07, 6.45) is 4.56. The molecule has 1 aromatic heterocycles. The summed E-state index contributed by atoms with van der Waals surface area (Å²) >= 11 is 5.03. The van der Waals surface area contributed by atoms with Gasteiger partial charge in [-0.2, -0.15) is 0 Å². The smallest absolute Gasteiger partial charge is 0.263 e. The maximum absolute atomic E-state index is 12.6. The average molecular weight is 384 g/mol. The van der Waals surface area contributed by atoms with Gasteiger partial charge in [0.25, 0.3) is 10.0 Å². The first kappa shape index (κ1) is 14.8. The van der Waals surface area contributed by atoms with Crippen LogP contribution in [0.1, 0.15) is 4.88 Å². The van der Waals surface area contributed by atoms with Crippen molar-refractivity contribution >= 4 is 37.3 Å². The third-order valence-corrected chi connectivity index (χ3v) is 6.59. The van der Waals surface area contributed by atoms with Crippen LogP contribution in [0, 0.1) is 5.92 Å². The zero-order valence-electron chi connectivity index (χ0n) is 11.1. The van der Waals surface area contributed by atoms with Crippen LogP contribution in [0.15, 0.2) is 63.4 Å². The highest BCUT2D eigenvalue weighted by Gasteiger charge is 2.27. The van der Waals surface area contributed by atoms with Crippen LogP contribution in [-0.4, -0.2) is 19.3 Å². The molecule has 3 nitrogen and oxygen atoms in total. The van der Waals surface area contributed by atoms with Gasteiger partial charge in [-0.3, -0.25) is 4.31 Å². The monoisotopic (exact) mass is 383 g/mol. The van der Waals surface area contributed by atoms with Crippen LogP contribution in [-0.2, 0) is 16.4 Å². The molecule has 0 saturated heterocycles. The molecule has 0 radical (unpaired) electrons. The van der Waals surface area contributed by atoms with E-state index in [0.717, 1.165) is 10.9 Å². The second-order valence-electron chi connectivity index (χ2n) is 4.91. The van der Waals surface area contributed by atoms with Crippen molar-refractivity contribution in [1.29, 1.82) is 0 Å². The predicted octanol–water partition coefficient (Wildman–Crippen LogP) is 3.89. The Kier molecular flexibility index (Phi) is 4.19. The van der Waals surface area contributed by atoms with Crippen molar-refractivity contribution < 1.29 is 8.42 Å². The Hall–Kier alpha value is -1.11. The lowest BCUT2D eigenvalue weighted by Crippen LogP contribution is -2.26. The SMILES string of the molecule is O=S(=O)(c1ccc(Br)cc1)N1C=CC(Cc2cccs2)C1. The fourth-order valence-corrected chi connectivity index (χ4v) is 4.74. The van der Waals surface area contributed by atoms with E-state index >= 15 is 0 Å². The fraction of sp³-hybridized carbons (Fsp3) is 0.200. The molecule has 0 bridgehead atoms. The van der Waals surface area contributed by atoms with E-state index < -0.39 is 10.0 Å². The molecule has 1 aromatic carbocycles. The molecule has 110 valence electrons. The Morgan fingerprint density at radius 2 is 2.00 bits per heavy atom. The second-order valence-corrected chi connectivity index (χ2v) is 8.75. The number of hydrogen-bond acceptors (Lipinski definition) is 3. The highest BCUT2D eigenvalue weighted by molar-refractivity contribution is 9.10. The molecular weight excluding hydrogens is 370 g/mol. The van der Waals surface area contributed by atoms with E-state index in [1.54, 1.807) is 41.8 Å². The third-order valence-electron chi connectivity index (χ3n) is 3.40. The lowest BCUT2D eigenvalue weighted by molar-refractivity contribution is 0.480. The minimum Gasteiger partial charge on any atom is -0.273 e. The van der Waals surface area contributed by atoms with Gasteiger partial charge in [0.05, 0.1) is 4.90 Å². The number of halogens is 1. The first-order valence-electron chi connectivity index (χ1n) is 6.54. The molecule has 1 aliphatic rings. The summed E-state index contributed by atoms with van der Waals surface area (Å²) in [6, 6.07) is 10.9. The van der Waals surface area contributed by atoms with E-state index in [4.69, 9.17) is 0 Å². The minimum absolute atomic E-state index is 0.244. The topological polar surface area (TPSA) is 37.4 Å². The number of hydrogen-bond donors (Lipinski definition) is 0. The van der Waals surface area contributed by atoms with E-state index in [2.05, 4.69) is 22.0 Å². The van der Waals surface area contributed by atoms with Gasteiger partial charge in [-0.25, -0.2) is 8.42 Å². The first-order valence-corrected chi connectivity index (χ1v) is 9.65. The molecule has 0 saturated carbocycles. The standard InChI is InChI=1S/C15H14BrNO2S2/c16-13-3-5-15(6-4-13)21(18,19)17-8-7-12(11-17)10-14-2-1-9-20-14/h1-9,12H,10-11H2. The maximum Gasteiger partial charge on any atom is 0.263 e. The number of thiophene rings is 1. The quantitative estimate of drug-likeness (QED) is 0.802. The molecule has 21 heavy (non-hydrogen) atoms. The Bertz CT molecular complexity index is 736. The van der Waals surface area contributed by atoms with E-state index in [1.165, 1.54) is 9.18 Å². The maximum atomic E-state index is 12.6.